The average Bonchev–Trinajstić information content (AvgIpc) is 2.76. The summed E-state index contributed by atoms with van der Waals surface area (Å²) in [4.78, 5) is 11.8. The lowest BCUT2D eigenvalue weighted by molar-refractivity contribution is -0.142. The molecule has 1 amide bonds. The number of nitrogens with zero attached hydrogens (tertiary/aromatic N) is 2. The summed E-state index contributed by atoms with van der Waals surface area (Å²) >= 11 is 0. The minimum absolute atomic E-state index is 0.00222. The first-order valence-electron chi connectivity index (χ1n) is 6.18. The number of carbonyl (C=O) groups is 1. The van der Waals surface area contributed by atoms with E-state index in [1.54, 1.807) is 0 Å². The second kappa shape index (κ2) is 6.08. The highest BCUT2D eigenvalue weighted by Crippen LogP contribution is 2.27. The molecule has 1 heterocycles. The molecule has 1 aromatic rings. The van der Waals surface area contributed by atoms with Gasteiger partial charge in [-0.15, -0.1) is 0 Å². The van der Waals surface area contributed by atoms with Crippen molar-refractivity contribution in [3.8, 4) is 0 Å². The molecule has 0 aliphatic heterocycles. The Hall–Kier alpha value is -1.53. The van der Waals surface area contributed by atoms with Crippen LogP contribution in [0.15, 0.2) is 12.3 Å². The van der Waals surface area contributed by atoms with Gasteiger partial charge in [0, 0.05) is 12.2 Å². The van der Waals surface area contributed by atoms with Crippen LogP contribution in [0.1, 0.15) is 45.3 Å². The van der Waals surface area contributed by atoms with Gasteiger partial charge < -0.3 is 5.32 Å². The Kier molecular flexibility index (Phi) is 4.97. The Bertz CT molecular complexity index is 428. The number of hydrogen-bond donors (Lipinski definition) is 1. The minimum Gasteiger partial charge on any atom is -0.352 e. The quantitative estimate of drug-likeness (QED) is 0.899. The third kappa shape index (κ3) is 4.25. The normalized spacial score (nSPS) is 15.1. The lowest BCUT2D eigenvalue weighted by Gasteiger charge is -2.17. The van der Waals surface area contributed by atoms with E-state index in [2.05, 4.69) is 10.4 Å². The van der Waals surface area contributed by atoms with Crippen LogP contribution in [0.2, 0.25) is 0 Å². The zero-order valence-electron chi connectivity index (χ0n) is 11.2. The fourth-order valence-corrected chi connectivity index (χ4v) is 1.69. The molecule has 0 fully saturated rings. The molecular weight excluding hydrogens is 259 g/mol. The van der Waals surface area contributed by atoms with E-state index in [1.807, 2.05) is 13.8 Å². The van der Waals surface area contributed by atoms with Crippen LogP contribution in [0.3, 0.4) is 0 Å². The van der Waals surface area contributed by atoms with Gasteiger partial charge in [-0.1, -0.05) is 13.3 Å². The van der Waals surface area contributed by atoms with E-state index in [-0.39, 0.29) is 11.9 Å². The van der Waals surface area contributed by atoms with E-state index in [0.717, 1.165) is 29.8 Å². The van der Waals surface area contributed by atoms with Gasteiger partial charge in [-0.2, -0.15) is 18.3 Å². The van der Waals surface area contributed by atoms with Crippen molar-refractivity contribution in [1.82, 2.24) is 15.1 Å². The van der Waals surface area contributed by atoms with Gasteiger partial charge in [0.2, 0.25) is 5.91 Å². The highest BCUT2D eigenvalue weighted by molar-refractivity contribution is 5.80. The Morgan fingerprint density at radius 3 is 2.58 bits per heavy atom. The molecule has 0 saturated heterocycles. The second-order valence-electron chi connectivity index (χ2n) is 4.55. The van der Waals surface area contributed by atoms with Crippen molar-refractivity contribution in [2.24, 2.45) is 0 Å². The summed E-state index contributed by atoms with van der Waals surface area (Å²) in [6.45, 7) is 5.37. The second-order valence-corrected chi connectivity index (χ2v) is 4.55. The molecule has 0 saturated carbocycles. The number of carbonyl (C=O) groups excluding carboxylic acids is 1. The van der Waals surface area contributed by atoms with E-state index in [0.29, 0.717) is 0 Å². The Labute approximate surface area is 110 Å². The molecule has 1 aromatic heterocycles. The predicted octanol–water partition coefficient (Wildman–Crippen LogP) is 2.77. The first-order valence-corrected chi connectivity index (χ1v) is 6.18. The molecule has 0 aliphatic carbocycles. The SMILES string of the molecule is CCCC(C)NC(=O)C(C)n1ccc(C(F)(F)F)n1. The smallest absolute Gasteiger partial charge is 0.352 e. The fraction of sp³-hybridized carbons (Fsp3) is 0.667. The molecule has 2 unspecified atom stereocenters. The summed E-state index contributed by atoms with van der Waals surface area (Å²) in [5.74, 6) is -0.335. The van der Waals surface area contributed by atoms with Crippen LogP contribution < -0.4 is 5.32 Å². The van der Waals surface area contributed by atoms with Crippen LogP contribution in [0.4, 0.5) is 13.2 Å². The molecule has 108 valence electrons. The minimum atomic E-state index is -4.49. The molecule has 19 heavy (non-hydrogen) atoms. The predicted molar refractivity (Wildman–Crippen MR) is 64.5 cm³/mol. The Morgan fingerprint density at radius 1 is 1.47 bits per heavy atom. The van der Waals surface area contributed by atoms with E-state index >= 15 is 0 Å². The number of nitrogens with one attached hydrogen (secondary N) is 1. The maximum Gasteiger partial charge on any atom is 0.435 e. The monoisotopic (exact) mass is 277 g/mol. The lowest BCUT2D eigenvalue weighted by atomic mass is 10.2. The van der Waals surface area contributed by atoms with Gasteiger partial charge in [-0.25, -0.2) is 0 Å². The van der Waals surface area contributed by atoms with Crippen molar-refractivity contribution in [2.45, 2.75) is 51.9 Å². The molecule has 4 nitrogen and oxygen atoms in total. The summed E-state index contributed by atoms with van der Waals surface area (Å²) < 4.78 is 38.2. The molecule has 1 rings (SSSR count). The topological polar surface area (TPSA) is 46.9 Å². The first-order chi connectivity index (χ1) is 8.75. The van der Waals surface area contributed by atoms with Crippen molar-refractivity contribution in [3.63, 3.8) is 0 Å². The van der Waals surface area contributed by atoms with Gasteiger partial charge in [-0.05, 0) is 26.3 Å². The average molecular weight is 277 g/mol. The van der Waals surface area contributed by atoms with Crippen molar-refractivity contribution in [1.29, 1.82) is 0 Å². The van der Waals surface area contributed by atoms with Crippen molar-refractivity contribution in [2.75, 3.05) is 0 Å². The third-order valence-electron chi connectivity index (χ3n) is 2.79. The molecule has 0 spiro atoms. The summed E-state index contributed by atoms with van der Waals surface area (Å²) in [5, 5.41) is 6.13. The highest BCUT2D eigenvalue weighted by Gasteiger charge is 2.34. The third-order valence-corrected chi connectivity index (χ3v) is 2.79. The van der Waals surface area contributed by atoms with E-state index in [1.165, 1.54) is 6.92 Å². The maximum absolute atomic E-state index is 12.4. The van der Waals surface area contributed by atoms with Gasteiger partial charge in [0.1, 0.15) is 6.04 Å². The number of amides is 1. The molecule has 2 atom stereocenters. The largest absolute Gasteiger partial charge is 0.435 e. The molecule has 0 aliphatic rings. The number of halogens is 3. The standard InChI is InChI=1S/C12H18F3N3O/c1-4-5-8(2)16-11(19)9(3)18-7-6-10(17-18)12(13,14)15/h6-9H,4-5H2,1-3H3,(H,16,19). The van der Waals surface area contributed by atoms with Crippen LogP contribution in [0.5, 0.6) is 0 Å². The molecule has 0 aromatic carbocycles. The van der Waals surface area contributed by atoms with Crippen molar-refractivity contribution < 1.29 is 18.0 Å². The first kappa shape index (κ1) is 15.5. The van der Waals surface area contributed by atoms with Gasteiger partial charge >= 0.3 is 6.18 Å². The summed E-state index contributed by atoms with van der Waals surface area (Å²) in [5.41, 5.74) is -0.992. The molecule has 0 bridgehead atoms. The number of rotatable bonds is 5. The van der Waals surface area contributed by atoms with Gasteiger partial charge in [-0.3, -0.25) is 9.48 Å². The van der Waals surface area contributed by atoms with Crippen LogP contribution in [0, 0.1) is 0 Å². The summed E-state index contributed by atoms with van der Waals surface area (Å²) in [6.07, 6.45) is -1.57. The Balaban J connectivity index is 2.69. The molecular formula is C12H18F3N3O. The summed E-state index contributed by atoms with van der Waals surface area (Å²) in [6, 6.07) is 0.0900. The van der Waals surface area contributed by atoms with Crippen LogP contribution in [-0.2, 0) is 11.0 Å². The van der Waals surface area contributed by atoms with Crippen LogP contribution in [-0.4, -0.2) is 21.7 Å². The molecule has 1 N–H and O–H groups in total. The van der Waals surface area contributed by atoms with Crippen LogP contribution >= 0.6 is 0 Å². The zero-order chi connectivity index (χ0) is 14.6. The lowest BCUT2D eigenvalue weighted by Crippen LogP contribution is -2.37. The van der Waals surface area contributed by atoms with Crippen molar-refractivity contribution >= 4 is 5.91 Å². The van der Waals surface area contributed by atoms with Gasteiger partial charge in [0.05, 0.1) is 0 Å². The summed E-state index contributed by atoms with van der Waals surface area (Å²) in [7, 11) is 0. The number of hydrogen-bond acceptors (Lipinski definition) is 2. The van der Waals surface area contributed by atoms with Gasteiger partial charge in [0.25, 0.3) is 0 Å². The number of alkyl halides is 3. The maximum atomic E-state index is 12.4. The van der Waals surface area contributed by atoms with Gasteiger partial charge in [0.15, 0.2) is 5.69 Å². The van der Waals surface area contributed by atoms with E-state index < -0.39 is 17.9 Å². The molecule has 0 radical (unpaired) electrons. The van der Waals surface area contributed by atoms with Crippen LogP contribution in [0.25, 0.3) is 0 Å². The van der Waals surface area contributed by atoms with E-state index in [4.69, 9.17) is 0 Å². The fourth-order valence-electron chi connectivity index (χ4n) is 1.69. The van der Waals surface area contributed by atoms with Crippen molar-refractivity contribution in [3.05, 3.63) is 18.0 Å². The number of aromatic nitrogens is 2. The highest BCUT2D eigenvalue weighted by atomic mass is 19.4. The molecule has 7 heteroatoms. The Morgan fingerprint density at radius 2 is 2.11 bits per heavy atom. The zero-order valence-corrected chi connectivity index (χ0v) is 11.2. The van der Waals surface area contributed by atoms with E-state index in [9.17, 15) is 18.0 Å².